The summed E-state index contributed by atoms with van der Waals surface area (Å²) in [5.74, 6) is -1.55. The Morgan fingerprint density at radius 2 is 2.21 bits per heavy atom. The van der Waals surface area contributed by atoms with E-state index >= 15 is 0 Å². The molecule has 6 heteroatoms. The van der Waals surface area contributed by atoms with Gasteiger partial charge < -0.3 is 10.2 Å². The van der Waals surface area contributed by atoms with Gasteiger partial charge in [0.1, 0.15) is 5.82 Å². The maximum Gasteiger partial charge on any atom is 0.356 e. The van der Waals surface area contributed by atoms with E-state index in [0.29, 0.717) is 16.8 Å². The molecule has 2 rings (SSSR count). The van der Waals surface area contributed by atoms with E-state index in [4.69, 9.17) is 10.2 Å². The third kappa shape index (κ3) is 2.48. The van der Waals surface area contributed by atoms with Gasteiger partial charge in [0.25, 0.3) is 0 Å². The zero-order chi connectivity index (χ0) is 14.0. The normalized spacial score (nSPS) is 10.7. The van der Waals surface area contributed by atoms with Crippen LogP contribution < -0.4 is 0 Å². The Balaban J connectivity index is 2.54. The van der Waals surface area contributed by atoms with Crippen LogP contribution in [-0.4, -0.2) is 32.6 Å². The van der Waals surface area contributed by atoms with Crippen LogP contribution in [0.1, 0.15) is 21.6 Å². The van der Waals surface area contributed by atoms with Gasteiger partial charge in [0.05, 0.1) is 5.69 Å². The topological polar surface area (TPSA) is 75.4 Å². The molecule has 0 saturated carbocycles. The quantitative estimate of drug-likeness (QED) is 0.878. The van der Waals surface area contributed by atoms with Gasteiger partial charge in [-0.3, -0.25) is 0 Å². The highest BCUT2D eigenvalue weighted by atomic mass is 19.1. The Labute approximate surface area is 108 Å². The summed E-state index contributed by atoms with van der Waals surface area (Å²) < 4.78 is 14.8. The van der Waals surface area contributed by atoms with E-state index in [1.165, 1.54) is 23.0 Å². The first-order valence-electron chi connectivity index (χ1n) is 5.72. The monoisotopic (exact) mass is 264 g/mol. The van der Waals surface area contributed by atoms with Crippen molar-refractivity contribution in [3.05, 3.63) is 47.0 Å². The highest BCUT2D eigenvalue weighted by molar-refractivity contribution is 5.87. The molecule has 19 heavy (non-hydrogen) atoms. The van der Waals surface area contributed by atoms with Crippen molar-refractivity contribution >= 4 is 5.97 Å². The summed E-state index contributed by atoms with van der Waals surface area (Å²) >= 11 is 0. The highest BCUT2D eigenvalue weighted by Crippen LogP contribution is 2.18. The molecule has 0 aliphatic carbocycles. The van der Waals surface area contributed by atoms with Crippen molar-refractivity contribution < 1.29 is 19.4 Å². The minimum absolute atomic E-state index is 0.127. The summed E-state index contributed by atoms with van der Waals surface area (Å²) in [5, 5.41) is 21.9. The second-order valence-electron chi connectivity index (χ2n) is 4.11. The molecule has 0 aliphatic rings. The minimum atomic E-state index is -1.17. The van der Waals surface area contributed by atoms with Gasteiger partial charge in [-0.1, -0.05) is 6.07 Å². The van der Waals surface area contributed by atoms with Gasteiger partial charge in [0.15, 0.2) is 5.69 Å². The lowest BCUT2D eigenvalue weighted by atomic mass is 10.2. The van der Waals surface area contributed by atoms with Crippen molar-refractivity contribution in [1.82, 2.24) is 9.78 Å². The molecule has 0 spiro atoms. The molecule has 1 heterocycles. The number of aliphatic hydroxyl groups is 1. The predicted octanol–water partition coefficient (Wildman–Crippen LogP) is 1.55. The van der Waals surface area contributed by atoms with Crippen LogP contribution in [0.4, 0.5) is 4.39 Å². The number of hydrogen-bond acceptors (Lipinski definition) is 3. The average molecular weight is 264 g/mol. The third-order valence-electron chi connectivity index (χ3n) is 2.86. The van der Waals surface area contributed by atoms with E-state index in [1.54, 1.807) is 13.0 Å². The second-order valence-corrected chi connectivity index (χ2v) is 4.11. The second kappa shape index (κ2) is 5.19. The van der Waals surface area contributed by atoms with Crippen LogP contribution in [0.5, 0.6) is 0 Å². The number of hydrogen-bond donors (Lipinski definition) is 2. The molecule has 2 aromatic rings. The van der Waals surface area contributed by atoms with Crippen molar-refractivity contribution in [3.63, 3.8) is 0 Å². The third-order valence-corrected chi connectivity index (χ3v) is 2.86. The van der Waals surface area contributed by atoms with Crippen molar-refractivity contribution in [3.8, 4) is 5.69 Å². The largest absolute Gasteiger partial charge is 0.476 e. The van der Waals surface area contributed by atoms with Crippen molar-refractivity contribution in [2.75, 3.05) is 6.61 Å². The molecular weight excluding hydrogens is 251 g/mol. The number of rotatable bonds is 4. The lowest BCUT2D eigenvalue weighted by Gasteiger charge is -2.05. The zero-order valence-corrected chi connectivity index (χ0v) is 10.3. The van der Waals surface area contributed by atoms with Gasteiger partial charge in [-0.2, -0.15) is 5.10 Å². The molecule has 0 amide bonds. The van der Waals surface area contributed by atoms with Crippen LogP contribution in [0.3, 0.4) is 0 Å². The van der Waals surface area contributed by atoms with E-state index < -0.39 is 5.97 Å². The summed E-state index contributed by atoms with van der Waals surface area (Å²) in [7, 11) is 0. The summed E-state index contributed by atoms with van der Waals surface area (Å²) in [6.07, 6.45) is 1.69. The molecule has 5 nitrogen and oxygen atoms in total. The van der Waals surface area contributed by atoms with Crippen molar-refractivity contribution in [2.45, 2.75) is 13.3 Å². The van der Waals surface area contributed by atoms with Gasteiger partial charge in [-0.25, -0.2) is 13.9 Å². The fourth-order valence-corrected chi connectivity index (χ4v) is 1.86. The Morgan fingerprint density at radius 3 is 2.84 bits per heavy atom. The van der Waals surface area contributed by atoms with E-state index in [-0.39, 0.29) is 24.5 Å². The molecule has 0 unspecified atom stereocenters. The Kier molecular flexibility index (Phi) is 3.62. The van der Waals surface area contributed by atoms with Gasteiger partial charge in [0.2, 0.25) is 0 Å². The molecule has 0 saturated heterocycles. The van der Waals surface area contributed by atoms with E-state index in [9.17, 15) is 9.18 Å². The molecule has 0 aliphatic heterocycles. The van der Waals surface area contributed by atoms with Crippen LogP contribution in [0.2, 0.25) is 0 Å². The number of nitrogens with zero attached hydrogens (tertiary/aromatic N) is 2. The van der Waals surface area contributed by atoms with Gasteiger partial charge >= 0.3 is 5.97 Å². The Bertz CT molecular complexity index is 622. The number of carboxylic acids is 1. The number of benzene rings is 1. The van der Waals surface area contributed by atoms with Crippen LogP contribution in [0.15, 0.2) is 24.4 Å². The van der Waals surface area contributed by atoms with Crippen LogP contribution in [-0.2, 0) is 6.42 Å². The molecule has 1 aromatic carbocycles. The van der Waals surface area contributed by atoms with Gasteiger partial charge in [-0.05, 0) is 25.5 Å². The lowest BCUT2D eigenvalue weighted by molar-refractivity contribution is 0.0688. The summed E-state index contributed by atoms with van der Waals surface area (Å²) in [5.41, 5.74) is 1.15. The summed E-state index contributed by atoms with van der Waals surface area (Å²) in [6, 6.07) is 4.51. The first kappa shape index (κ1) is 13.2. The molecule has 1 aromatic heterocycles. The SMILES string of the molecule is Cc1c(F)cccc1-n1cc(CCO)c(C(=O)O)n1. The van der Waals surface area contributed by atoms with E-state index in [1.807, 2.05) is 0 Å². The van der Waals surface area contributed by atoms with Crippen LogP contribution >= 0.6 is 0 Å². The summed E-state index contributed by atoms with van der Waals surface area (Å²) in [4.78, 5) is 11.1. The number of carbonyl (C=O) groups is 1. The van der Waals surface area contributed by atoms with Crippen molar-refractivity contribution in [2.24, 2.45) is 0 Å². The molecule has 0 fully saturated rings. The number of aromatic carboxylic acids is 1. The maximum atomic E-state index is 13.5. The first-order valence-corrected chi connectivity index (χ1v) is 5.72. The fourth-order valence-electron chi connectivity index (χ4n) is 1.86. The average Bonchev–Trinajstić information content (AvgIpc) is 2.77. The fraction of sp³-hybridized carbons (Fsp3) is 0.231. The molecular formula is C13H13FN2O3. The zero-order valence-electron chi connectivity index (χ0n) is 10.3. The highest BCUT2D eigenvalue weighted by Gasteiger charge is 2.17. The predicted molar refractivity (Wildman–Crippen MR) is 66.0 cm³/mol. The van der Waals surface area contributed by atoms with Crippen molar-refractivity contribution in [1.29, 1.82) is 0 Å². The molecule has 0 atom stereocenters. The molecule has 0 radical (unpaired) electrons. The Hall–Kier alpha value is -2.21. The van der Waals surface area contributed by atoms with E-state index in [0.717, 1.165) is 0 Å². The standard InChI is InChI=1S/C13H13FN2O3/c1-8-10(14)3-2-4-11(8)16-7-9(5-6-17)12(15-16)13(18)19/h2-4,7,17H,5-6H2,1H3,(H,18,19). The molecule has 100 valence electrons. The molecule has 2 N–H and O–H groups in total. The van der Waals surface area contributed by atoms with Crippen LogP contribution in [0, 0.1) is 12.7 Å². The number of carboxylic acid groups (broad SMARTS) is 1. The number of aliphatic hydroxyl groups excluding tert-OH is 1. The lowest BCUT2D eigenvalue weighted by Crippen LogP contribution is -2.04. The van der Waals surface area contributed by atoms with Crippen LogP contribution in [0.25, 0.3) is 5.69 Å². The summed E-state index contributed by atoms with van der Waals surface area (Å²) in [6.45, 7) is 1.42. The first-order chi connectivity index (χ1) is 9.04. The Morgan fingerprint density at radius 1 is 1.47 bits per heavy atom. The minimum Gasteiger partial charge on any atom is -0.476 e. The smallest absolute Gasteiger partial charge is 0.356 e. The number of aromatic nitrogens is 2. The van der Waals surface area contributed by atoms with Gasteiger partial charge in [-0.15, -0.1) is 0 Å². The number of halogens is 1. The maximum absolute atomic E-state index is 13.5. The van der Waals surface area contributed by atoms with E-state index in [2.05, 4.69) is 5.10 Å². The van der Waals surface area contributed by atoms with Gasteiger partial charge in [0, 0.05) is 23.9 Å². The molecule has 0 bridgehead atoms.